The van der Waals surface area contributed by atoms with Gasteiger partial charge < -0.3 is 5.73 Å². The Hall–Kier alpha value is -1.06. The van der Waals surface area contributed by atoms with Gasteiger partial charge in [-0.25, -0.2) is 4.99 Å². The minimum atomic E-state index is -0.543. The van der Waals surface area contributed by atoms with E-state index < -0.39 is 5.54 Å². The number of hydrogen-bond donors (Lipinski definition) is 1. The van der Waals surface area contributed by atoms with Crippen LogP contribution in [0.25, 0.3) is 0 Å². The van der Waals surface area contributed by atoms with Crippen LogP contribution in [0.5, 0.6) is 0 Å². The van der Waals surface area contributed by atoms with Crippen LogP contribution in [0, 0.1) is 11.8 Å². The predicted molar refractivity (Wildman–Crippen MR) is 94.1 cm³/mol. The first-order chi connectivity index (χ1) is 11.1. The highest BCUT2D eigenvalue weighted by Crippen LogP contribution is 2.40. The number of carbonyl (C=O) groups excluding carboxylic acids is 1. The Kier molecular flexibility index (Phi) is 5.27. The molecule has 1 amide bonds. The zero-order valence-corrected chi connectivity index (χ0v) is 14.7. The number of aliphatic imine (C=N–C) groups is 1. The molecule has 3 rings (SSSR count). The number of carbonyl (C=O) groups is 1. The second-order valence-corrected chi connectivity index (χ2v) is 8.12. The van der Waals surface area contributed by atoms with Gasteiger partial charge in [0.25, 0.3) is 5.91 Å². The van der Waals surface area contributed by atoms with E-state index in [1.54, 1.807) is 11.9 Å². The third-order valence-electron chi connectivity index (χ3n) is 6.42. The molecule has 2 aliphatic carbocycles. The van der Waals surface area contributed by atoms with Gasteiger partial charge in [0.1, 0.15) is 5.54 Å². The van der Waals surface area contributed by atoms with Crippen molar-refractivity contribution >= 4 is 11.9 Å². The van der Waals surface area contributed by atoms with Crippen LogP contribution in [-0.4, -0.2) is 29.4 Å². The first-order valence-corrected chi connectivity index (χ1v) is 9.74. The van der Waals surface area contributed by atoms with Crippen molar-refractivity contribution in [2.45, 2.75) is 89.0 Å². The normalized spacial score (nSPS) is 30.7. The first kappa shape index (κ1) is 16.8. The SMILES string of the molecule is CN1C(=O)C(CCC2CCCCC2)(CC2CCCCC2)N=C1N. The van der Waals surface area contributed by atoms with Crippen molar-refractivity contribution in [3.05, 3.63) is 0 Å². The Morgan fingerprint density at radius 3 is 2.13 bits per heavy atom. The zero-order chi connectivity index (χ0) is 16.3. The maximum absolute atomic E-state index is 12.9. The number of guanidine groups is 1. The van der Waals surface area contributed by atoms with E-state index in [0.717, 1.165) is 25.2 Å². The van der Waals surface area contributed by atoms with Gasteiger partial charge in [0, 0.05) is 7.05 Å². The van der Waals surface area contributed by atoms with Gasteiger partial charge in [-0.3, -0.25) is 9.69 Å². The Morgan fingerprint density at radius 1 is 1.04 bits per heavy atom. The van der Waals surface area contributed by atoms with Crippen LogP contribution in [0.2, 0.25) is 0 Å². The van der Waals surface area contributed by atoms with Gasteiger partial charge in [-0.15, -0.1) is 0 Å². The van der Waals surface area contributed by atoms with E-state index in [0.29, 0.717) is 11.9 Å². The van der Waals surface area contributed by atoms with Gasteiger partial charge in [0.05, 0.1) is 0 Å². The molecule has 0 spiro atoms. The highest BCUT2D eigenvalue weighted by molar-refractivity contribution is 6.06. The second-order valence-electron chi connectivity index (χ2n) is 8.12. The second kappa shape index (κ2) is 7.23. The lowest BCUT2D eigenvalue weighted by molar-refractivity contribution is -0.131. The van der Waals surface area contributed by atoms with Crippen molar-refractivity contribution in [3.63, 3.8) is 0 Å². The van der Waals surface area contributed by atoms with Gasteiger partial charge in [-0.2, -0.15) is 0 Å². The van der Waals surface area contributed by atoms with E-state index in [-0.39, 0.29) is 5.91 Å². The van der Waals surface area contributed by atoms with Crippen LogP contribution in [-0.2, 0) is 4.79 Å². The third-order valence-corrected chi connectivity index (χ3v) is 6.42. The molecule has 0 bridgehead atoms. The average molecular weight is 319 g/mol. The smallest absolute Gasteiger partial charge is 0.257 e. The largest absolute Gasteiger partial charge is 0.369 e. The lowest BCUT2D eigenvalue weighted by atomic mass is 9.75. The van der Waals surface area contributed by atoms with Crippen LogP contribution in [0.1, 0.15) is 83.5 Å². The van der Waals surface area contributed by atoms with E-state index >= 15 is 0 Å². The molecule has 1 heterocycles. The number of likely N-dealkylation sites (N-methyl/N-ethyl adjacent to an activating group) is 1. The monoisotopic (exact) mass is 319 g/mol. The topological polar surface area (TPSA) is 58.7 Å². The van der Waals surface area contributed by atoms with E-state index in [2.05, 4.69) is 0 Å². The standard InChI is InChI=1S/C19H33N3O/c1-22-17(23)19(21-18(22)20,14-16-10-6-3-7-11-16)13-12-15-8-4-2-5-9-15/h15-16H,2-14H2,1H3,(H2,20,21). The Labute approximate surface area is 140 Å². The first-order valence-electron chi connectivity index (χ1n) is 9.74. The fourth-order valence-corrected chi connectivity index (χ4v) is 4.94. The number of hydrogen-bond acceptors (Lipinski definition) is 3. The number of rotatable bonds is 5. The third kappa shape index (κ3) is 3.72. The molecular weight excluding hydrogens is 286 g/mol. The summed E-state index contributed by atoms with van der Waals surface area (Å²) in [6, 6.07) is 0. The lowest BCUT2D eigenvalue weighted by Gasteiger charge is -2.33. The quantitative estimate of drug-likeness (QED) is 0.837. The van der Waals surface area contributed by atoms with Crippen molar-refractivity contribution in [1.29, 1.82) is 0 Å². The summed E-state index contributed by atoms with van der Waals surface area (Å²) in [6.45, 7) is 0. The van der Waals surface area contributed by atoms with E-state index in [4.69, 9.17) is 10.7 Å². The average Bonchev–Trinajstić information content (AvgIpc) is 2.79. The summed E-state index contributed by atoms with van der Waals surface area (Å²) in [4.78, 5) is 19.2. The van der Waals surface area contributed by atoms with Crippen LogP contribution in [0.15, 0.2) is 4.99 Å². The molecule has 0 saturated heterocycles. The molecule has 4 nitrogen and oxygen atoms in total. The van der Waals surface area contributed by atoms with Crippen LogP contribution in [0.4, 0.5) is 0 Å². The van der Waals surface area contributed by atoms with Gasteiger partial charge in [-0.05, 0) is 31.1 Å². The number of nitrogens with zero attached hydrogens (tertiary/aromatic N) is 2. The van der Waals surface area contributed by atoms with Gasteiger partial charge in [0.15, 0.2) is 5.96 Å². The summed E-state index contributed by atoms with van der Waals surface area (Å²) in [6.07, 6.45) is 16.2. The highest BCUT2D eigenvalue weighted by atomic mass is 16.2. The van der Waals surface area contributed by atoms with Gasteiger partial charge in [0.2, 0.25) is 0 Å². The fourth-order valence-electron chi connectivity index (χ4n) is 4.94. The van der Waals surface area contributed by atoms with Gasteiger partial charge in [-0.1, -0.05) is 64.2 Å². The molecule has 0 aromatic rings. The fraction of sp³-hybridized carbons (Fsp3) is 0.895. The van der Waals surface area contributed by atoms with E-state index in [1.807, 2.05) is 0 Å². The summed E-state index contributed by atoms with van der Waals surface area (Å²) in [5.74, 6) is 2.02. The van der Waals surface area contributed by atoms with Crippen molar-refractivity contribution in [2.75, 3.05) is 7.05 Å². The molecule has 4 heteroatoms. The highest BCUT2D eigenvalue weighted by Gasteiger charge is 2.47. The number of nitrogens with two attached hydrogens (primary N) is 1. The van der Waals surface area contributed by atoms with Gasteiger partial charge >= 0.3 is 0 Å². The number of amides is 1. The van der Waals surface area contributed by atoms with Crippen molar-refractivity contribution < 1.29 is 4.79 Å². The van der Waals surface area contributed by atoms with Crippen LogP contribution >= 0.6 is 0 Å². The molecule has 130 valence electrons. The minimum absolute atomic E-state index is 0.149. The molecule has 1 aliphatic heterocycles. The van der Waals surface area contributed by atoms with Crippen LogP contribution in [0.3, 0.4) is 0 Å². The molecule has 1 unspecified atom stereocenters. The Bertz CT molecular complexity index is 450. The predicted octanol–water partition coefficient (Wildman–Crippen LogP) is 3.84. The van der Waals surface area contributed by atoms with E-state index in [1.165, 1.54) is 64.2 Å². The molecule has 2 saturated carbocycles. The summed E-state index contributed by atoms with van der Waals surface area (Å²) >= 11 is 0. The Balaban J connectivity index is 1.69. The lowest BCUT2D eigenvalue weighted by Crippen LogP contribution is -2.43. The Morgan fingerprint density at radius 2 is 1.61 bits per heavy atom. The molecule has 1 atom stereocenters. The van der Waals surface area contributed by atoms with Crippen LogP contribution < -0.4 is 5.73 Å². The maximum atomic E-state index is 12.9. The molecule has 2 N–H and O–H groups in total. The molecule has 3 aliphatic rings. The van der Waals surface area contributed by atoms with Crippen molar-refractivity contribution in [1.82, 2.24) is 4.90 Å². The molecular formula is C19H33N3O. The summed E-state index contributed by atoms with van der Waals surface area (Å²) < 4.78 is 0. The summed E-state index contributed by atoms with van der Waals surface area (Å²) in [5, 5.41) is 0. The molecule has 0 radical (unpaired) electrons. The summed E-state index contributed by atoms with van der Waals surface area (Å²) in [7, 11) is 1.78. The van der Waals surface area contributed by atoms with Crippen molar-refractivity contribution in [3.8, 4) is 0 Å². The van der Waals surface area contributed by atoms with Crippen molar-refractivity contribution in [2.24, 2.45) is 22.6 Å². The molecule has 0 aromatic heterocycles. The molecule has 0 aromatic carbocycles. The molecule has 2 fully saturated rings. The summed E-state index contributed by atoms with van der Waals surface area (Å²) in [5.41, 5.74) is 5.47. The van der Waals surface area contributed by atoms with E-state index in [9.17, 15) is 4.79 Å². The maximum Gasteiger partial charge on any atom is 0.257 e. The minimum Gasteiger partial charge on any atom is -0.369 e. The molecule has 23 heavy (non-hydrogen) atoms. The zero-order valence-electron chi connectivity index (χ0n) is 14.7.